The van der Waals surface area contributed by atoms with Crippen LogP contribution in [0.5, 0.6) is 0 Å². The molecule has 0 radical (unpaired) electrons. The average molecular weight is 373 g/mol. The van der Waals surface area contributed by atoms with Gasteiger partial charge in [-0.1, -0.05) is 60.7 Å². The molecule has 0 spiro atoms. The summed E-state index contributed by atoms with van der Waals surface area (Å²) in [5, 5.41) is 0. The molecule has 1 amide bonds. The number of anilines is 1. The van der Waals surface area contributed by atoms with E-state index in [1.54, 1.807) is 4.90 Å². The number of hydrogen-bond acceptors (Lipinski definition) is 4. The van der Waals surface area contributed by atoms with Crippen molar-refractivity contribution in [3.63, 3.8) is 0 Å². The van der Waals surface area contributed by atoms with E-state index >= 15 is 0 Å². The topological polar surface area (TPSA) is 63.7 Å². The summed E-state index contributed by atoms with van der Waals surface area (Å²) in [6.07, 6.45) is 4.33. The van der Waals surface area contributed by atoms with E-state index in [0.29, 0.717) is 6.42 Å². The first-order valence-electron chi connectivity index (χ1n) is 9.52. The van der Waals surface area contributed by atoms with Crippen LogP contribution in [0.25, 0.3) is 0 Å². The van der Waals surface area contributed by atoms with Crippen LogP contribution in [0.2, 0.25) is 0 Å². The number of carbonyl (C=O) groups excluding carboxylic acids is 3. The fourth-order valence-electron chi connectivity index (χ4n) is 4.84. The third kappa shape index (κ3) is 2.43. The maximum atomic E-state index is 13.3. The summed E-state index contributed by atoms with van der Waals surface area (Å²) in [5.74, 6) is -2.77. The molecule has 1 aliphatic carbocycles. The Labute approximate surface area is 162 Å². The summed E-state index contributed by atoms with van der Waals surface area (Å²) in [6.45, 7) is 0. The van der Waals surface area contributed by atoms with Crippen molar-refractivity contribution in [1.29, 1.82) is 0 Å². The minimum atomic E-state index is -0.574. The summed E-state index contributed by atoms with van der Waals surface area (Å²) in [7, 11) is 0. The standard InChI is InChI=1S/C23H19NO4/c25-21-19(16-12-7-13-17-18(16)23(27)28-22(17)26)20(14-8-3-1-4-9-14)24(21)15-10-5-2-6-11-15/h1-12,16-20H,13H2/t16-,17+,18-,19-,20-/m1/s1. The molecule has 3 aliphatic rings. The van der Waals surface area contributed by atoms with Gasteiger partial charge in [0.05, 0.1) is 23.8 Å². The van der Waals surface area contributed by atoms with Crippen molar-refractivity contribution in [2.75, 3.05) is 4.90 Å². The molecular weight excluding hydrogens is 354 g/mol. The Bertz CT molecular complexity index is 969. The van der Waals surface area contributed by atoms with Crippen LogP contribution in [0.1, 0.15) is 18.0 Å². The highest BCUT2D eigenvalue weighted by atomic mass is 16.6. The van der Waals surface area contributed by atoms with Crippen molar-refractivity contribution in [1.82, 2.24) is 0 Å². The van der Waals surface area contributed by atoms with Gasteiger partial charge >= 0.3 is 11.9 Å². The summed E-state index contributed by atoms with van der Waals surface area (Å²) in [5.41, 5.74) is 1.85. The van der Waals surface area contributed by atoms with E-state index < -0.39 is 29.7 Å². The van der Waals surface area contributed by atoms with Gasteiger partial charge in [0.2, 0.25) is 5.91 Å². The molecule has 2 saturated heterocycles. The first-order chi connectivity index (χ1) is 13.7. The minimum Gasteiger partial charge on any atom is -0.393 e. The highest BCUT2D eigenvalue weighted by Gasteiger charge is 2.59. The van der Waals surface area contributed by atoms with E-state index in [4.69, 9.17) is 4.74 Å². The molecule has 0 bridgehead atoms. The Morgan fingerprint density at radius 3 is 2.21 bits per heavy atom. The van der Waals surface area contributed by atoms with Crippen LogP contribution >= 0.6 is 0 Å². The zero-order valence-corrected chi connectivity index (χ0v) is 15.1. The largest absolute Gasteiger partial charge is 0.393 e. The smallest absolute Gasteiger partial charge is 0.318 e. The maximum Gasteiger partial charge on any atom is 0.318 e. The lowest BCUT2D eigenvalue weighted by atomic mass is 9.64. The lowest BCUT2D eigenvalue weighted by molar-refractivity contribution is -0.154. The fraction of sp³-hybridized carbons (Fsp3) is 0.261. The molecule has 140 valence electrons. The molecule has 0 aromatic heterocycles. The predicted octanol–water partition coefficient (Wildman–Crippen LogP) is 3.28. The average Bonchev–Trinajstić information content (AvgIpc) is 3.02. The van der Waals surface area contributed by atoms with Crippen molar-refractivity contribution in [3.05, 3.63) is 78.4 Å². The van der Waals surface area contributed by atoms with Gasteiger partial charge in [-0.2, -0.15) is 0 Å². The molecule has 5 heteroatoms. The number of allylic oxidation sites excluding steroid dienone is 2. The Kier molecular flexibility index (Phi) is 3.90. The lowest BCUT2D eigenvalue weighted by Crippen LogP contribution is -2.59. The molecule has 28 heavy (non-hydrogen) atoms. The first-order valence-corrected chi connectivity index (χ1v) is 9.52. The van der Waals surface area contributed by atoms with Gasteiger partial charge in [-0.15, -0.1) is 0 Å². The number of hydrogen-bond donors (Lipinski definition) is 0. The van der Waals surface area contributed by atoms with Crippen molar-refractivity contribution in [2.45, 2.75) is 12.5 Å². The first kappa shape index (κ1) is 16.9. The van der Waals surface area contributed by atoms with Crippen LogP contribution in [0.15, 0.2) is 72.8 Å². The number of amides is 1. The minimum absolute atomic E-state index is 0.0255. The van der Waals surface area contributed by atoms with Gasteiger partial charge in [-0.3, -0.25) is 14.4 Å². The molecule has 2 aliphatic heterocycles. The number of para-hydroxylation sites is 1. The Morgan fingerprint density at radius 2 is 1.50 bits per heavy atom. The molecule has 5 rings (SSSR count). The SMILES string of the molecule is O=C1OC(=O)[C@H]2CC=C[C@@H]([C@H]3C(=O)N(c4ccccc4)[C@@H]3c3ccccc3)[C@@H]12. The van der Waals surface area contributed by atoms with Gasteiger partial charge in [-0.25, -0.2) is 0 Å². The Hall–Kier alpha value is -3.21. The number of nitrogens with zero attached hydrogens (tertiary/aromatic N) is 1. The number of carbonyl (C=O) groups is 3. The molecule has 0 unspecified atom stereocenters. The van der Waals surface area contributed by atoms with Crippen LogP contribution in [0.4, 0.5) is 5.69 Å². The molecule has 5 nitrogen and oxygen atoms in total. The quantitative estimate of drug-likeness (QED) is 0.358. The van der Waals surface area contributed by atoms with E-state index in [1.807, 2.05) is 72.8 Å². The van der Waals surface area contributed by atoms with E-state index in [2.05, 4.69) is 0 Å². The normalized spacial score (nSPS) is 31.4. The molecule has 2 aromatic rings. The molecule has 2 fully saturated rings. The Balaban J connectivity index is 1.56. The maximum absolute atomic E-state index is 13.3. The molecule has 5 atom stereocenters. The number of esters is 2. The number of fused-ring (bicyclic) bond motifs is 1. The number of ether oxygens (including phenoxy) is 1. The summed E-state index contributed by atoms with van der Waals surface area (Å²) < 4.78 is 4.90. The second-order valence-corrected chi connectivity index (χ2v) is 7.54. The van der Waals surface area contributed by atoms with Gasteiger partial charge in [0.15, 0.2) is 0 Å². The molecule has 2 aromatic carbocycles. The third-order valence-electron chi connectivity index (χ3n) is 6.10. The van der Waals surface area contributed by atoms with Gasteiger partial charge in [0.25, 0.3) is 0 Å². The summed E-state index contributed by atoms with van der Waals surface area (Å²) in [4.78, 5) is 39.5. The molecular formula is C23H19NO4. The van der Waals surface area contributed by atoms with E-state index in [-0.39, 0.29) is 17.9 Å². The molecule has 0 saturated carbocycles. The van der Waals surface area contributed by atoms with Gasteiger partial charge in [0, 0.05) is 11.6 Å². The Morgan fingerprint density at radius 1 is 0.821 bits per heavy atom. The monoisotopic (exact) mass is 373 g/mol. The summed E-state index contributed by atoms with van der Waals surface area (Å²) in [6, 6.07) is 19.2. The fourth-order valence-corrected chi connectivity index (χ4v) is 4.84. The number of cyclic esters (lactones) is 2. The number of β-lactam (4-membered cyclic amide) rings is 1. The van der Waals surface area contributed by atoms with Crippen LogP contribution in [0.3, 0.4) is 0 Å². The molecule has 0 N–H and O–H groups in total. The van der Waals surface area contributed by atoms with Crippen molar-refractivity contribution in [3.8, 4) is 0 Å². The summed E-state index contributed by atoms with van der Waals surface area (Å²) >= 11 is 0. The highest BCUT2D eigenvalue weighted by molar-refractivity contribution is 6.05. The van der Waals surface area contributed by atoms with Crippen LogP contribution < -0.4 is 4.90 Å². The van der Waals surface area contributed by atoms with Crippen LogP contribution in [-0.2, 0) is 19.1 Å². The van der Waals surface area contributed by atoms with Gasteiger partial charge in [-0.05, 0) is 24.1 Å². The van der Waals surface area contributed by atoms with Gasteiger partial charge in [0.1, 0.15) is 0 Å². The zero-order valence-electron chi connectivity index (χ0n) is 15.1. The van der Waals surface area contributed by atoms with Crippen molar-refractivity contribution in [2.24, 2.45) is 23.7 Å². The van der Waals surface area contributed by atoms with Crippen molar-refractivity contribution < 1.29 is 19.1 Å². The second kappa shape index (κ2) is 6.44. The zero-order chi connectivity index (χ0) is 19.3. The highest BCUT2D eigenvalue weighted by Crippen LogP contribution is 2.52. The number of benzene rings is 2. The van der Waals surface area contributed by atoms with Crippen molar-refractivity contribution >= 4 is 23.5 Å². The van der Waals surface area contributed by atoms with Crippen LogP contribution in [0, 0.1) is 23.7 Å². The van der Waals surface area contributed by atoms with E-state index in [0.717, 1.165) is 11.3 Å². The van der Waals surface area contributed by atoms with E-state index in [9.17, 15) is 14.4 Å². The van der Waals surface area contributed by atoms with Crippen LogP contribution in [-0.4, -0.2) is 17.8 Å². The predicted molar refractivity (Wildman–Crippen MR) is 102 cm³/mol. The number of rotatable bonds is 3. The van der Waals surface area contributed by atoms with E-state index in [1.165, 1.54) is 0 Å². The lowest BCUT2D eigenvalue weighted by Gasteiger charge is -2.51. The second-order valence-electron chi connectivity index (χ2n) is 7.54. The molecule has 2 heterocycles. The third-order valence-corrected chi connectivity index (χ3v) is 6.10. The van der Waals surface area contributed by atoms with Gasteiger partial charge < -0.3 is 9.64 Å².